The third-order valence-corrected chi connectivity index (χ3v) is 2.15. The number of ether oxygens (including phenoxy) is 1. The van der Waals surface area contributed by atoms with Crippen LogP contribution in [0.4, 0.5) is 0 Å². The molecule has 0 saturated heterocycles. The van der Waals surface area contributed by atoms with Gasteiger partial charge in [-0.3, -0.25) is 4.68 Å². The van der Waals surface area contributed by atoms with Crippen LogP contribution in [0.25, 0.3) is 0 Å². The predicted molar refractivity (Wildman–Crippen MR) is 61.5 cm³/mol. The lowest BCUT2D eigenvalue weighted by Crippen LogP contribution is -1.95. The molecule has 0 aliphatic heterocycles. The molecule has 0 unspecified atom stereocenters. The average molecular weight is 228 g/mol. The van der Waals surface area contributed by atoms with Gasteiger partial charge in [0.1, 0.15) is 17.5 Å². The monoisotopic (exact) mass is 228 g/mol. The summed E-state index contributed by atoms with van der Waals surface area (Å²) in [4.78, 5) is 3.92. The summed E-state index contributed by atoms with van der Waals surface area (Å²) in [7, 11) is 0. The molecule has 0 amide bonds. The number of hydrogen-bond donors (Lipinski definition) is 0. The third kappa shape index (κ3) is 2.82. The Bertz CT molecular complexity index is 524. The van der Waals surface area contributed by atoms with Gasteiger partial charge in [0, 0.05) is 6.54 Å². The van der Waals surface area contributed by atoms with Crippen LogP contribution in [-0.2, 0) is 6.54 Å². The van der Waals surface area contributed by atoms with Crippen molar-refractivity contribution in [2.75, 3.05) is 0 Å². The van der Waals surface area contributed by atoms with E-state index in [-0.39, 0.29) is 0 Å². The van der Waals surface area contributed by atoms with Gasteiger partial charge in [-0.05, 0) is 18.6 Å². The average Bonchev–Trinajstić information content (AvgIpc) is 2.78. The summed E-state index contributed by atoms with van der Waals surface area (Å²) in [6.45, 7) is 2.96. The van der Waals surface area contributed by atoms with Gasteiger partial charge in [0.15, 0.2) is 5.75 Å². The Kier molecular flexibility index (Phi) is 3.36. The highest BCUT2D eigenvalue weighted by atomic mass is 16.5. The van der Waals surface area contributed by atoms with Crippen LogP contribution in [0.5, 0.6) is 11.5 Å². The molecule has 0 N–H and O–H groups in total. The second-order valence-electron chi connectivity index (χ2n) is 3.53. The Morgan fingerprint density at radius 2 is 2.24 bits per heavy atom. The molecule has 0 aliphatic carbocycles. The first kappa shape index (κ1) is 11.1. The second kappa shape index (κ2) is 5.12. The number of aromatic nitrogens is 3. The van der Waals surface area contributed by atoms with E-state index >= 15 is 0 Å². The molecule has 2 rings (SSSR count). The van der Waals surface area contributed by atoms with Crippen LogP contribution in [0.2, 0.25) is 0 Å². The van der Waals surface area contributed by atoms with Gasteiger partial charge in [-0.25, -0.2) is 4.98 Å². The molecule has 0 spiro atoms. The zero-order chi connectivity index (χ0) is 12.1. The minimum absolute atomic E-state index is 0.374. The van der Waals surface area contributed by atoms with E-state index in [1.807, 2.05) is 16.9 Å². The first-order valence-electron chi connectivity index (χ1n) is 5.38. The molecule has 2 aromatic heterocycles. The van der Waals surface area contributed by atoms with Crippen molar-refractivity contribution in [1.29, 1.82) is 5.26 Å². The van der Waals surface area contributed by atoms with E-state index in [1.54, 1.807) is 18.3 Å². The van der Waals surface area contributed by atoms with E-state index in [9.17, 15) is 0 Å². The number of rotatable bonds is 4. The largest absolute Gasteiger partial charge is 0.452 e. The third-order valence-electron chi connectivity index (χ3n) is 2.15. The molecule has 0 bridgehead atoms. The Labute approximate surface area is 99.3 Å². The molecule has 0 fully saturated rings. The molecule has 5 nitrogen and oxygen atoms in total. The quantitative estimate of drug-likeness (QED) is 0.805. The lowest BCUT2D eigenvalue weighted by atomic mass is 10.4. The molecule has 0 aliphatic rings. The van der Waals surface area contributed by atoms with Crippen LogP contribution in [-0.4, -0.2) is 14.8 Å². The summed E-state index contributed by atoms with van der Waals surface area (Å²) in [5, 5.41) is 12.8. The van der Waals surface area contributed by atoms with Crippen molar-refractivity contribution in [2.45, 2.75) is 19.9 Å². The van der Waals surface area contributed by atoms with Crippen LogP contribution in [0.3, 0.4) is 0 Å². The Balaban J connectivity index is 2.06. The SMILES string of the molecule is CCCn1cc(Oc2ccc(C#N)nc2)cn1. The normalized spacial score (nSPS) is 9.88. The maximum Gasteiger partial charge on any atom is 0.165 e. The molecular weight excluding hydrogens is 216 g/mol. The van der Waals surface area contributed by atoms with Crippen molar-refractivity contribution in [3.63, 3.8) is 0 Å². The molecule has 2 heterocycles. The maximum atomic E-state index is 8.61. The van der Waals surface area contributed by atoms with Gasteiger partial charge >= 0.3 is 0 Å². The van der Waals surface area contributed by atoms with Crippen LogP contribution in [0.1, 0.15) is 19.0 Å². The fourth-order valence-corrected chi connectivity index (χ4v) is 1.39. The van der Waals surface area contributed by atoms with E-state index in [2.05, 4.69) is 17.0 Å². The number of aryl methyl sites for hydroxylation is 1. The van der Waals surface area contributed by atoms with Crippen LogP contribution < -0.4 is 4.74 Å². The van der Waals surface area contributed by atoms with E-state index in [1.165, 1.54) is 6.20 Å². The van der Waals surface area contributed by atoms with Gasteiger partial charge in [0.05, 0.1) is 18.6 Å². The maximum absolute atomic E-state index is 8.61. The summed E-state index contributed by atoms with van der Waals surface area (Å²) in [5.41, 5.74) is 0.374. The molecule has 0 saturated carbocycles. The fraction of sp³-hybridized carbons (Fsp3) is 0.250. The molecule has 0 atom stereocenters. The Hall–Kier alpha value is -2.35. The van der Waals surface area contributed by atoms with Gasteiger partial charge in [0.25, 0.3) is 0 Å². The highest BCUT2D eigenvalue weighted by Gasteiger charge is 2.01. The predicted octanol–water partition coefficient (Wildman–Crippen LogP) is 2.35. The second-order valence-corrected chi connectivity index (χ2v) is 3.53. The van der Waals surface area contributed by atoms with E-state index < -0.39 is 0 Å². The minimum Gasteiger partial charge on any atom is -0.452 e. The molecule has 5 heteroatoms. The lowest BCUT2D eigenvalue weighted by molar-refractivity contribution is 0.478. The minimum atomic E-state index is 0.374. The van der Waals surface area contributed by atoms with Crippen LogP contribution in [0.15, 0.2) is 30.7 Å². The number of hydrogen-bond acceptors (Lipinski definition) is 4. The van der Waals surface area contributed by atoms with E-state index in [0.717, 1.165) is 13.0 Å². The molecule has 2 aromatic rings. The smallest absolute Gasteiger partial charge is 0.165 e. The van der Waals surface area contributed by atoms with Crippen molar-refractivity contribution in [2.24, 2.45) is 0 Å². The summed E-state index contributed by atoms with van der Waals surface area (Å²) in [6, 6.07) is 5.28. The number of nitriles is 1. The van der Waals surface area contributed by atoms with Crippen molar-refractivity contribution >= 4 is 0 Å². The number of pyridine rings is 1. The molecule has 86 valence electrons. The van der Waals surface area contributed by atoms with Gasteiger partial charge < -0.3 is 4.74 Å². The summed E-state index contributed by atoms with van der Waals surface area (Å²) in [5.74, 6) is 1.27. The molecule has 0 radical (unpaired) electrons. The van der Waals surface area contributed by atoms with Crippen molar-refractivity contribution in [1.82, 2.24) is 14.8 Å². The zero-order valence-corrected chi connectivity index (χ0v) is 9.50. The fourth-order valence-electron chi connectivity index (χ4n) is 1.39. The highest BCUT2D eigenvalue weighted by molar-refractivity contribution is 5.30. The summed E-state index contributed by atoms with van der Waals surface area (Å²) < 4.78 is 7.38. The van der Waals surface area contributed by atoms with Gasteiger partial charge in [-0.15, -0.1) is 0 Å². The first-order chi connectivity index (χ1) is 8.31. The standard InChI is InChI=1S/C12H12N4O/c1-2-5-16-9-12(8-15-16)17-11-4-3-10(6-13)14-7-11/h3-4,7-9H,2,5H2,1H3. The van der Waals surface area contributed by atoms with Crippen LogP contribution in [0, 0.1) is 11.3 Å². The first-order valence-corrected chi connectivity index (χ1v) is 5.38. The van der Waals surface area contributed by atoms with Gasteiger partial charge in [0.2, 0.25) is 0 Å². The Morgan fingerprint density at radius 3 is 2.88 bits per heavy atom. The van der Waals surface area contributed by atoms with Gasteiger partial charge in [-0.2, -0.15) is 10.4 Å². The molecule has 0 aromatic carbocycles. The zero-order valence-electron chi connectivity index (χ0n) is 9.50. The molecular formula is C12H12N4O. The van der Waals surface area contributed by atoms with Crippen molar-refractivity contribution < 1.29 is 4.74 Å². The Morgan fingerprint density at radius 1 is 1.35 bits per heavy atom. The van der Waals surface area contributed by atoms with E-state index in [4.69, 9.17) is 10.00 Å². The lowest BCUT2D eigenvalue weighted by Gasteiger charge is -2.01. The van der Waals surface area contributed by atoms with E-state index in [0.29, 0.717) is 17.2 Å². The topological polar surface area (TPSA) is 63.7 Å². The van der Waals surface area contributed by atoms with Crippen molar-refractivity contribution in [3.05, 3.63) is 36.4 Å². The van der Waals surface area contributed by atoms with Crippen LogP contribution >= 0.6 is 0 Å². The molecule has 17 heavy (non-hydrogen) atoms. The summed E-state index contributed by atoms with van der Waals surface area (Å²) >= 11 is 0. The van der Waals surface area contributed by atoms with Crippen molar-refractivity contribution in [3.8, 4) is 17.6 Å². The number of nitrogens with zero attached hydrogens (tertiary/aromatic N) is 4. The van der Waals surface area contributed by atoms with Gasteiger partial charge in [-0.1, -0.05) is 6.92 Å². The highest BCUT2D eigenvalue weighted by Crippen LogP contribution is 2.19. The summed E-state index contributed by atoms with van der Waals surface area (Å²) in [6.07, 6.45) is 6.05.